The van der Waals surface area contributed by atoms with Gasteiger partial charge in [-0.05, 0) is 37.5 Å². The Balaban J connectivity index is 2.13. The van der Waals surface area contributed by atoms with Crippen molar-refractivity contribution in [2.45, 2.75) is 38.0 Å². The summed E-state index contributed by atoms with van der Waals surface area (Å²) < 4.78 is 38.9. The fraction of sp³-hybridized carbons (Fsp3) is 0.538. The predicted molar refractivity (Wildman–Crippen MR) is 69.0 cm³/mol. The number of rotatable bonds is 3. The van der Waals surface area contributed by atoms with Crippen molar-refractivity contribution in [3.8, 4) is 0 Å². The zero-order chi connectivity index (χ0) is 13.2. The molecule has 1 aliphatic rings. The van der Waals surface area contributed by atoms with Crippen LogP contribution in [0.3, 0.4) is 0 Å². The third-order valence-electron chi connectivity index (χ3n) is 3.36. The van der Waals surface area contributed by atoms with E-state index >= 15 is 0 Å². The normalized spacial score (nSPS) is 22.0. The smallest absolute Gasteiger partial charge is 0.212 e. The molecular weight excluding hydrogens is 253 g/mol. The first kappa shape index (κ1) is 13.5. The highest BCUT2D eigenvalue weighted by molar-refractivity contribution is 7.88. The Morgan fingerprint density at radius 2 is 1.94 bits per heavy atom. The maximum absolute atomic E-state index is 12.8. The van der Waals surface area contributed by atoms with Crippen molar-refractivity contribution in [3.63, 3.8) is 0 Å². The first-order valence-corrected chi connectivity index (χ1v) is 7.84. The molecule has 5 heteroatoms. The molecule has 1 atom stereocenters. The van der Waals surface area contributed by atoms with Gasteiger partial charge in [-0.15, -0.1) is 0 Å². The summed E-state index contributed by atoms with van der Waals surface area (Å²) in [6.07, 6.45) is 2.93. The molecule has 0 N–H and O–H groups in total. The zero-order valence-corrected chi connectivity index (χ0v) is 11.3. The van der Waals surface area contributed by atoms with Crippen molar-refractivity contribution in [2.24, 2.45) is 0 Å². The number of hydrogen-bond donors (Lipinski definition) is 0. The third-order valence-corrected chi connectivity index (χ3v) is 5.32. The molecule has 1 heterocycles. The summed E-state index contributed by atoms with van der Waals surface area (Å²) in [4.78, 5) is 0. The minimum Gasteiger partial charge on any atom is -0.212 e. The van der Waals surface area contributed by atoms with E-state index in [1.165, 1.54) is 24.3 Å². The number of sulfonamides is 1. The van der Waals surface area contributed by atoms with Gasteiger partial charge in [0.15, 0.2) is 0 Å². The van der Waals surface area contributed by atoms with Crippen molar-refractivity contribution < 1.29 is 12.8 Å². The average Bonchev–Trinajstić information content (AvgIpc) is 2.32. The van der Waals surface area contributed by atoms with Crippen LogP contribution >= 0.6 is 0 Å². The van der Waals surface area contributed by atoms with Gasteiger partial charge >= 0.3 is 0 Å². The van der Waals surface area contributed by atoms with Crippen LogP contribution in [0.4, 0.5) is 4.39 Å². The molecule has 18 heavy (non-hydrogen) atoms. The monoisotopic (exact) mass is 271 g/mol. The van der Waals surface area contributed by atoms with Crippen LogP contribution in [0.15, 0.2) is 24.3 Å². The Morgan fingerprint density at radius 1 is 1.28 bits per heavy atom. The molecule has 1 fully saturated rings. The van der Waals surface area contributed by atoms with E-state index in [1.807, 2.05) is 6.92 Å². The van der Waals surface area contributed by atoms with Crippen LogP contribution in [0.5, 0.6) is 0 Å². The van der Waals surface area contributed by atoms with Gasteiger partial charge in [0.25, 0.3) is 0 Å². The van der Waals surface area contributed by atoms with Gasteiger partial charge in [-0.25, -0.2) is 12.8 Å². The fourth-order valence-electron chi connectivity index (χ4n) is 2.36. The summed E-state index contributed by atoms with van der Waals surface area (Å²) in [5.41, 5.74) is 0.633. The standard InChI is InChI=1S/C13H18FNO2S/c1-11-4-2-3-9-15(11)18(16,17)10-12-5-7-13(14)8-6-12/h5-8,11H,2-4,9-10H2,1H3. The summed E-state index contributed by atoms with van der Waals surface area (Å²) in [6.45, 7) is 2.55. The van der Waals surface area contributed by atoms with Gasteiger partial charge in [0.1, 0.15) is 5.82 Å². The van der Waals surface area contributed by atoms with Gasteiger partial charge in [-0.1, -0.05) is 18.6 Å². The topological polar surface area (TPSA) is 37.4 Å². The van der Waals surface area contributed by atoms with Gasteiger partial charge in [-0.2, -0.15) is 4.31 Å². The number of hydrogen-bond acceptors (Lipinski definition) is 2. The summed E-state index contributed by atoms with van der Waals surface area (Å²) in [7, 11) is -3.29. The van der Waals surface area contributed by atoms with Gasteiger partial charge in [0, 0.05) is 12.6 Å². The van der Waals surface area contributed by atoms with Crippen molar-refractivity contribution in [2.75, 3.05) is 6.54 Å². The molecule has 0 amide bonds. The molecule has 1 saturated heterocycles. The Labute approximate surface area is 108 Å². The summed E-state index contributed by atoms with van der Waals surface area (Å²) in [5.74, 6) is -0.389. The van der Waals surface area contributed by atoms with E-state index in [-0.39, 0.29) is 17.6 Å². The predicted octanol–water partition coefficient (Wildman–Crippen LogP) is 2.53. The highest BCUT2D eigenvalue weighted by Crippen LogP contribution is 2.22. The Morgan fingerprint density at radius 3 is 2.56 bits per heavy atom. The van der Waals surface area contributed by atoms with Crippen LogP contribution in [-0.2, 0) is 15.8 Å². The molecule has 0 aliphatic carbocycles. The number of nitrogens with zero attached hydrogens (tertiary/aromatic N) is 1. The van der Waals surface area contributed by atoms with Gasteiger partial charge in [0.05, 0.1) is 5.75 Å². The highest BCUT2D eigenvalue weighted by atomic mass is 32.2. The molecule has 1 aromatic carbocycles. The van der Waals surface area contributed by atoms with E-state index in [9.17, 15) is 12.8 Å². The third kappa shape index (κ3) is 3.09. The lowest BCUT2D eigenvalue weighted by Crippen LogP contribution is -2.42. The van der Waals surface area contributed by atoms with E-state index in [0.717, 1.165) is 19.3 Å². The van der Waals surface area contributed by atoms with Crippen molar-refractivity contribution >= 4 is 10.0 Å². The van der Waals surface area contributed by atoms with E-state index in [1.54, 1.807) is 4.31 Å². The minimum atomic E-state index is -3.29. The molecule has 3 nitrogen and oxygen atoms in total. The second-order valence-corrected chi connectivity index (χ2v) is 6.76. The molecule has 0 aromatic heterocycles. The Bertz CT molecular complexity index is 498. The highest BCUT2D eigenvalue weighted by Gasteiger charge is 2.29. The van der Waals surface area contributed by atoms with E-state index in [2.05, 4.69) is 0 Å². The summed E-state index contributed by atoms with van der Waals surface area (Å²) in [5, 5.41) is 0. The number of halogens is 1. The second kappa shape index (κ2) is 5.36. The van der Waals surface area contributed by atoms with Gasteiger partial charge in [0.2, 0.25) is 10.0 Å². The van der Waals surface area contributed by atoms with Gasteiger partial charge in [-0.3, -0.25) is 0 Å². The molecule has 1 aliphatic heterocycles. The summed E-state index contributed by atoms with van der Waals surface area (Å²) in [6, 6.07) is 5.72. The van der Waals surface area contributed by atoms with Crippen LogP contribution in [0.2, 0.25) is 0 Å². The van der Waals surface area contributed by atoms with Crippen LogP contribution < -0.4 is 0 Å². The molecule has 0 saturated carbocycles. The first-order chi connectivity index (χ1) is 8.49. The van der Waals surface area contributed by atoms with Crippen LogP contribution in [0.1, 0.15) is 31.7 Å². The van der Waals surface area contributed by atoms with Crippen LogP contribution in [0, 0.1) is 5.82 Å². The maximum Gasteiger partial charge on any atom is 0.218 e. The molecule has 0 radical (unpaired) electrons. The minimum absolute atomic E-state index is 0.0440. The molecule has 0 bridgehead atoms. The van der Waals surface area contributed by atoms with Crippen LogP contribution in [-0.4, -0.2) is 25.3 Å². The number of benzene rings is 1. The SMILES string of the molecule is CC1CCCCN1S(=O)(=O)Cc1ccc(F)cc1. The first-order valence-electron chi connectivity index (χ1n) is 6.23. The largest absolute Gasteiger partial charge is 0.218 e. The van der Waals surface area contributed by atoms with Crippen molar-refractivity contribution in [1.29, 1.82) is 0 Å². The molecule has 2 rings (SSSR count). The Kier molecular flexibility index (Phi) is 4.02. The van der Waals surface area contributed by atoms with E-state index in [4.69, 9.17) is 0 Å². The lowest BCUT2D eigenvalue weighted by Gasteiger charge is -2.32. The molecular formula is C13H18FNO2S. The molecule has 1 aromatic rings. The van der Waals surface area contributed by atoms with Crippen molar-refractivity contribution in [3.05, 3.63) is 35.6 Å². The lowest BCUT2D eigenvalue weighted by atomic mass is 10.1. The van der Waals surface area contributed by atoms with Gasteiger partial charge < -0.3 is 0 Å². The quantitative estimate of drug-likeness (QED) is 0.847. The second-order valence-electron chi connectivity index (χ2n) is 4.84. The van der Waals surface area contributed by atoms with Crippen LogP contribution in [0.25, 0.3) is 0 Å². The number of piperidine rings is 1. The zero-order valence-electron chi connectivity index (χ0n) is 10.5. The molecule has 0 spiro atoms. The van der Waals surface area contributed by atoms with E-state index < -0.39 is 10.0 Å². The Hall–Kier alpha value is -0.940. The van der Waals surface area contributed by atoms with Crippen molar-refractivity contribution in [1.82, 2.24) is 4.31 Å². The average molecular weight is 271 g/mol. The maximum atomic E-state index is 12.8. The molecule has 1 unspecified atom stereocenters. The fourth-order valence-corrected chi connectivity index (χ4v) is 4.20. The lowest BCUT2D eigenvalue weighted by molar-refractivity contribution is 0.268. The summed E-state index contributed by atoms with van der Waals surface area (Å²) >= 11 is 0. The molecule has 100 valence electrons. The van der Waals surface area contributed by atoms with E-state index in [0.29, 0.717) is 12.1 Å².